The van der Waals surface area contributed by atoms with Crippen molar-refractivity contribution in [3.8, 4) is 11.1 Å². The Morgan fingerprint density at radius 2 is 1.77 bits per heavy atom. The molecule has 0 saturated heterocycles. The van der Waals surface area contributed by atoms with Crippen molar-refractivity contribution < 1.29 is 27.5 Å². The molecule has 1 N–H and O–H groups in total. The lowest BCUT2D eigenvalue weighted by Gasteiger charge is -2.35. The zero-order valence-electron chi connectivity index (χ0n) is 24.5. The summed E-state index contributed by atoms with van der Waals surface area (Å²) >= 11 is 6.07. The van der Waals surface area contributed by atoms with Gasteiger partial charge in [-0.05, 0) is 55.2 Å². The standard InChI is InChI=1S/C33H36ClF3N4O3/c1-5-15-40(16-6-2)22-33(4,31(43)44-18-7-3)21-26(38-30(42)29-14-17-41(39-29)32(36)37)19-23-8-10-24(11-9-23)27-20-25(34)12-13-28(27)35/h5-14,17,20,26,32H,1-3,15-16,18-19,21-22H2,4H3,(H,38,42)/t26-,33+/m1/s1. The summed E-state index contributed by atoms with van der Waals surface area (Å²) in [5, 5.41) is 6.95. The number of hydrogen-bond donors (Lipinski definition) is 1. The third-order valence-electron chi connectivity index (χ3n) is 6.92. The maximum absolute atomic E-state index is 14.5. The van der Waals surface area contributed by atoms with E-state index in [0.717, 1.165) is 11.8 Å². The summed E-state index contributed by atoms with van der Waals surface area (Å²) < 4.78 is 46.6. The molecule has 0 unspecified atom stereocenters. The van der Waals surface area contributed by atoms with Crippen LogP contribution in [0.2, 0.25) is 5.02 Å². The van der Waals surface area contributed by atoms with Crippen LogP contribution in [0.4, 0.5) is 13.2 Å². The second kappa shape index (κ2) is 16.1. The minimum Gasteiger partial charge on any atom is -0.461 e. The molecule has 1 aromatic heterocycles. The van der Waals surface area contributed by atoms with Crippen molar-refractivity contribution >= 4 is 23.5 Å². The van der Waals surface area contributed by atoms with Gasteiger partial charge < -0.3 is 10.1 Å². The van der Waals surface area contributed by atoms with Crippen LogP contribution >= 0.6 is 11.6 Å². The average Bonchev–Trinajstić information content (AvgIpc) is 3.49. The Morgan fingerprint density at radius 1 is 1.09 bits per heavy atom. The Bertz CT molecular complexity index is 1450. The van der Waals surface area contributed by atoms with E-state index in [1.165, 1.54) is 30.3 Å². The number of carbonyl (C=O) groups is 2. The van der Waals surface area contributed by atoms with Crippen LogP contribution in [0.3, 0.4) is 0 Å². The van der Waals surface area contributed by atoms with Gasteiger partial charge in [-0.15, -0.1) is 13.2 Å². The van der Waals surface area contributed by atoms with Gasteiger partial charge in [-0.2, -0.15) is 13.9 Å². The highest BCUT2D eigenvalue weighted by Gasteiger charge is 2.39. The van der Waals surface area contributed by atoms with Gasteiger partial charge in [-0.25, -0.2) is 9.07 Å². The Kier molecular flexibility index (Phi) is 12.5. The molecule has 0 bridgehead atoms. The van der Waals surface area contributed by atoms with E-state index in [9.17, 15) is 22.8 Å². The quantitative estimate of drug-likeness (QED) is 0.130. The fourth-order valence-electron chi connectivity index (χ4n) is 4.95. The van der Waals surface area contributed by atoms with Gasteiger partial charge in [-0.1, -0.05) is 60.7 Å². The second-order valence-corrected chi connectivity index (χ2v) is 11.0. The molecule has 2 aromatic carbocycles. The average molecular weight is 629 g/mol. The van der Waals surface area contributed by atoms with Crippen LogP contribution in [0.25, 0.3) is 11.1 Å². The molecule has 234 valence electrons. The summed E-state index contributed by atoms with van der Waals surface area (Å²) in [6.45, 7) is 11.2. The molecular formula is C33H36ClF3N4O3. The summed E-state index contributed by atoms with van der Waals surface area (Å²) in [6, 6.07) is 11.9. The number of nitrogens with one attached hydrogen (secondary N) is 1. The van der Waals surface area contributed by atoms with Crippen LogP contribution in [-0.2, 0) is 16.0 Å². The van der Waals surface area contributed by atoms with Crippen molar-refractivity contribution in [1.82, 2.24) is 20.0 Å². The lowest BCUT2D eigenvalue weighted by atomic mass is 9.81. The molecular weight excluding hydrogens is 593 g/mol. The lowest BCUT2D eigenvalue weighted by Crippen LogP contribution is -2.48. The van der Waals surface area contributed by atoms with E-state index < -0.39 is 35.7 Å². The van der Waals surface area contributed by atoms with Crippen LogP contribution in [-0.4, -0.2) is 58.8 Å². The highest BCUT2D eigenvalue weighted by atomic mass is 35.5. The van der Waals surface area contributed by atoms with E-state index in [0.29, 0.717) is 33.9 Å². The normalized spacial score (nSPS) is 13.2. The molecule has 1 amide bonds. The van der Waals surface area contributed by atoms with Crippen LogP contribution < -0.4 is 5.32 Å². The number of amides is 1. The van der Waals surface area contributed by atoms with E-state index >= 15 is 0 Å². The number of esters is 1. The number of benzene rings is 2. The van der Waals surface area contributed by atoms with E-state index in [1.54, 1.807) is 43.3 Å². The van der Waals surface area contributed by atoms with E-state index in [4.69, 9.17) is 16.3 Å². The van der Waals surface area contributed by atoms with E-state index in [-0.39, 0.29) is 31.7 Å². The zero-order chi connectivity index (χ0) is 32.3. The Hall–Kier alpha value is -4.15. The minimum atomic E-state index is -2.90. The van der Waals surface area contributed by atoms with Crippen LogP contribution in [0, 0.1) is 11.2 Å². The predicted molar refractivity (Wildman–Crippen MR) is 166 cm³/mol. The topological polar surface area (TPSA) is 76.5 Å². The monoisotopic (exact) mass is 628 g/mol. The highest BCUT2D eigenvalue weighted by molar-refractivity contribution is 6.30. The van der Waals surface area contributed by atoms with Crippen molar-refractivity contribution in [3.05, 3.63) is 115 Å². The largest absolute Gasteiger partial charge is 0.461 e. The van der Waals surface area contributed by atoms with E-state index in [1.807, 2.05) is 4.90 Å². The lowest BCUT2D eigenvalue weighted by molar-refractivity contribution is -0.155. The molecule has 44 heavy (non-hydrogen) atoms. The molecule has 0 fully saturated rings. The Morgan fingerprint density at radius 3 is 2.36 bits per heavy atom. The fourth-order valence-corrected chi connectivity index (χ4v) is 5.12. The Labute approximate surface area is 260 Å². The summed E-state index contributed by atoms with van der Waals surface area (Å²) in [5.41, 5.74) is 0.396. The first kappa shape index (κ1) is 34.3. The number of ether oxygens (including phenoxy) is 1. The SMILES string of the molecule is C=CCOC(=O)[C@@](C)(C[C@@H](Cc1ccc(-c2cc(Cl)ccc2F)cc1)NC(=O)c1ccn(C(F)F)n1)CN(CC=C)CC=C. The van der Waals surface area contributed by atoms with Crippen molar-refractivity contribution in [2.45, 2.75) is 32.4 Å². The molecule has 0 spiro atoms. The van der Waals surface area contributed by atoms with Crippen molar-refractivity contribution in [3.63, 3.8) is 0 Å². The van der Waals surface area contributed by atoms with Gasteiger partial charge in [0.15, 0.2) is 0 Å². The summed E-state index contributed by atoms with van der Waals surface area (Å²) in [4.78, 5) is 28.6. The number of nitrogens with zero attached hydrogens (tertiary/aromatic N) is 3. The molecule has 0 aliphatic rings. The zero-order valence-corrected chi connectivity index (χ0v) is 25.3. The number of carbonyl (C=O) groups excluding carboxylic acids is 2. The first-order valence-electron chi connectivity index (χ1n) is 13.9. The van der Waals surface area contributed by atoms with Gasteiger partial charge >= 0.3 is 12.5 Å². The number of alkyl halides is 2. The summed E-state index contributed by atoms with van der Waals surface area (Å²) in [7, 11) is 0. The molecule has 0 radical (unpaired) electrons. The van der Waals surface area contributed by atoms with E-state index in [2.05, 4.69) is 30.2 Å². The maximum atomic E-state index is 14.5. The first-order chi connectivity index (χ1) is 21.0. The molecule has 0 aliphatic heterocycles. The van der Waals surface area contributed by atoms with Crippen LogP contribution in [0.1, 0.15) is 35.9 Å². The molecule has 2 atom stereocenters. The molecule has 11 heteroatoms. The molecule has 0 saturated carbocycles. The third-order valence-corrected chi connectivity index (χ3v) is 7.16. The van der Waals surface area contributed by atoms with Crippen molar-refractivity contribution in [1.29, 1.82) is 0 Å². The van der Waals surface area contributed by atoms with Gasteiger partial charge in [0.25, 0.3) is 5.91 Å². The summed E-state index contributed by atoms with van der Waals surface area (Å²) in [5.74, 6) is -1.60. The number of aromatic nitrogens is 2. The van der Waals surface area contributed by atoms with Gasteiger partial charge in [-0.3, -0.25) is 14.5 Å². The molecule has 3 rings (SSSR count). The molecule has 3 aromatic rings. The number of rotatable bonds is 17. The highest BCUT2D eigenvalue weighted by Crippen LogP contribution is 2.30. The Balaban J connectivity index is 1.95. The van der Waals surface area contributed by atoms with Gasteiger partial charge in [0.05, 0.1) is 5.41 Å². The number of hydrogen-bond acceptors (Lipinski definition) is 5. The van der Waals surface area contributed by atoms with Gasteiger partial charge in [0, 0.05) is 42.5 Å². The molecule has 7 nitrogen and oxygen atoms in total. The first-order valence-corrected chi connectivity index (χ1v) is 14.3. The minimum absolute atomic E-state index is 0.000946. The smallest absolute Gasteiger partial charge is 0.333 e. The number of halogens is 4. The fraction of sp³-hybridized carbons (Fsp3) is 0.303. The molecule has 0 aliphatic carbocycles. The van der Waals surface area contributed by atoms with Gasteiger partial charge in [0.2, 0.25) is 0 Å². The molecule has 1 heterocycles. The summed E-state index contributed by atoms with van der Waals surface area (Å²) in [6.07, 6.45) is 6.28. The van der Waals surface area contributed by atoms with Crippen LogP contribution in [0.5, 0.6) is 0 Å². The van der Waals surface area contributed by atoms with Gasteiger partial charge in [0.1, 0.15) is 18.1 Å². The van der Waals surface area contributed by atoms with Crippen molar-refractivity contribution in [2.24, 2.45) is 5.41 Å². The second-order valence-electron chi connectivity index (χ2n) is 10.6. The third kappa shape index (κ3) is 9.42. The van der Waals surface area contributed by atoms with Crippen LogP contribution in [0.15, 0.2) is 92.7 Å². The maximum Gasteiger partial charge on any atom is 0.333 e. The predicted octanol–water partition coefficient (Wildman–Crippen LogP) is 6.88. The van der Waals surface area contributed by atoms with Crippen molar-refractivity contribution in [2.75, 3.05) is 26.2 Å².